The first-order valence-electron chi connectivity index (χ1n) is 7.50. The van der Waals surface area contributed by atoms with E-state index in [2.05, 4.69) is 5.32 Å². The van der Waals surface area contributed by atoms with Crippen molar-refractivity contribution in [2.75, 3.05) is 36.7 Å². The molecule has 1 saturated heterocycles. The quantitative estimate of drug-likeness (QED) is 0.857. The highest BCUT2D eigenvalue weighted by atomic mass is 32.2. The summed E-state index contributed by atoms with van der Waals surface area (Å²) in [7, 11) is -3.25. The molecule has 3 rings (SSSR count). The van der Waals surface area contributed by atoms with Crippen LogP contribution in [-0.2, 0) is 16.4 Å². The normalized spacial score (nSPS) is 21.8. The fraction of sp³-hybridized carbons (Fsp3) is 0.533. The summed E-state index contributed by atoms with van der Waals surface area (Å²) in [5.41, 5.74) is 2.27. The van der Waals surface area contributed by atoms with Crippen molar-refractivity contribution < 1.29 is 13.2 Å². The van der Waals surface area contributed by atoms with Crippen molar-refractivity contribution in [2.45, 2.75) is 19.4 Å². The predicted octanol–water partition coefficient (Wildman–Crippen LogP) is 0.443. The van der Waals surface area contributed by atoms with Crippen molar-refractivity contribution >= 4 is 21.6 Å². The van der Waals surface area contributed by atoms with Gasteiger partial charge in [0.25, 0.3) is 5.91 Å². The Labute approximate surface area is 131 Å². The first kappa shape index (κ1) is 15.3. The van der Waals surface area contributed by atoms with E-state index in [-0.39, 0.29) is 11.9 Å². The second-order valence-electron chi connectivity index (χ2n) is 5.98. The fourth-order valence-corrected chi connectivity index (χ4v) is 4.12. The number of benzene rings is 1. The second kappa shape index (κ2) is 5.55. The summed E-state index contributed by atoms with van der Waals surface area (Å²) in [6.07, 6.45) is 1.87. The zero-order valence-corrected chi connectivity index (χ0v) is 13.7. The lowest BCUT2D eigenvalue weighted by Gasteiger charge is -2.34. The molecule has 1 N–H and O–H groups in total. The molecule has 0 unspecified atom stereocenters. The van der Waals surface area contributed by atoms with Gasteiger partial charge in [0, 0.05) is 37.8 Å². The molecule has 22 heavy (non-hydrogen) atoms. The standard InChI is InChI=1S/C15H21N3O3S/c1-11-10-16-6-8-17(11)15(19)13-3-4-14-12(9-13)5-7-18(14)22(2,20)21/h3-4,9,11,16H,5-8,10H2,1-2H3/t11-/m1/s1. The zero-order valence-electron chi connectivity index (χ0n) is 12.9. The number of carbonyl (C=O) groups is 1. The number of nitrogens with zero attached hydrogens (tertiary/aromatic N) is 2. The molecule has 0 bridgehead atoms. The summed E-state index contributed by atoms with van der Waals surface area (Å²) >= 11 is 0. The topological polar surface area (TPSA) is 69.7 Å². The van der Waals surface area contributed by atoms with E-state index in [9.17, 15) is 13.2 Å². The maximum atomic E-state index is 12.7. The van der Waals surface area contributed by atoms with Crippen LogP contribution in [0, 0.1) is 0 Å². The molecule has 1 atom stereocenters. The summed E-state index contributed by atoms with van der Waals surface area (Å²) < 4.78 is 24.9. The van der Waals surface area contributed by atoms with E-state index in [0.717, 1.165) is 18.7 Å². The van der Waals surface area contributed by atoms with Crippen molar-refractivity contribution in [3.05, 3.63) is 29.3 Å². The summed E-state index contributed by atoms with van der Waals surface area (Å²) in [5, 5.41) is 3.27. The predicted molar refractivity (Wildman–Crippen MR) is 85.7 cm³/mol. The van der Waals surface area contributed by atoms with E-state index >= 15 is 0 Å². The number of hydrogen-bond donors (Lipinski definition) is 1. The molecular weight excluding hydrogens is 302 g/mol. The van der Waals surface area contributed by atoms with Crippen LogP contribution < -0.4 is 9.62 Å². The molecule has 2 heterocycles. The maximum absolute atomic E-state index is 12.7. The van der Waals surface area contributed by atoms with Crippen LogP contribution in [0.2, 0.25) is 0 Å². The van der Waals surface area contributed by atoms with Gasteiger partial charge in [0.2, 0.25) is 10.0 Å². The molecule has 0 aromatic heterocycles. The largest absolute Gasteiger partial charge is 0.333 e. The van der Waals surface area contributed by atoms with Crippen molar-refractivity contribution in [1.82, 2.24) is 10.2 Å². The monoisotopic (exact) mass is 323 g/mol. The Morgan fingerprint density at radius 3 is 2.77 bits per heavy atom. The summed E-state index contributed by atoms with van der Waals surface area (Å²) in [6, 6.07) is 5.50. The zero-order chi connectivity index (χ0) is 15.9. The number of carbonyl (C=O) groups excluding carboxylic acids is 1. The van der Waals surface area contributed by atoms with E-state index in [1.807, 2.05) is 17.9 Å². The molecule has 1 amide bonds. The van der Waals surface area contributed by atoms with Gasteiger partial charge in [-0.3, -0.25) is 9.10 Å². The fourth-order valence-electron chi connectivity index (χ4n) is 3.16. The lowest BCUT2D eigenvalue weighted by atomic mass is 10.1. The Hall–Kier alpha value is -1.60. The van der Waals surface area contributed by atoms with E-state index < -0.39 is 10.0 Å². The first-order chi connectivity index (χ1) is 10.4. The van der Waals surface area contributed by atoms with E-state index in [1.165, 1.54) is 10.6 Å². The third kappa shape index (κ3) is 2.70. The van der Waals surface area contributed by atoms with Crippen molar-refractivity contribution in [1.29, 1.82) is 0 Å². The lowest BCUT2D eigenvalue weighted by Crippen LogP contribution is -2.52. The van der Waals surface area contributed by atoms with Crippen LogP contribution >= 0.6 is 0 Å². The highest BCUT2D eigenvalue weighted by Gasteiger charge is 2.29. The van der Waals surface area contributed by atoms with E-state index in [0.29, 0.717) is 30.8 Å². The lowest BCUT2D eigenvalue weighted by molar-refractivity contribution is 0.0655. The Morgan fingerprint density at radius 2 is 2.09 bits per heavy atom. The average molecular weight is 323 g/mol. The number of anilines is 1. The molecule has 0 radical (unpaired) electrons. The van der Waals surface area contributed by atoms with Gasteiger partial charge in [-0.15, -0.1) is 0 Å². The molecule has 0 saturated carbocycles. The van der Waals surface area contributed by atoms with Crippen LogP contribution in [0.4, 0.5) is 5.69 Å². The second-order valence-corrected chi connectivity index (χ2v) is 7.89. The van der Waals surface area contributed by atoms with Gasteiger partial charge in [-0.05, 0) is 37.1 Å². The third-order valence-electron chi connectivity index (χ3n) is 4.34. The van der Waals surface area contributed by atoms with Crippen LogP contribution in [0.15, 0.2) is 18.2 Å². The summed E-state index contributed by atoms with van der Waals surface area (Å²) in [6.45, 7) is 4.80. The molecule has 2 aliphatic rings. The van der Waals surface area contributed by atoms with Gasteiger partial charge in [-0.1, -0.05) is 0 Å². The van der Waals surface area contributed by atoms with Gasteiger partial charge in [0.05, 0.1) is 11.9 Å². The van der Waals surface area contributed by atoms with Crippen LogP contribution in [0.1, 0.15) is 22.8 Å². The Balaban J connectivity index is 1.87. The minimum absolute atomic E-state index is 0.0228. The molecule has 1 aromatic carbocycles. The summed E-state index contributed by atoms with van der Waals surface area (Å²) in [4.78, 5) is 14.5. The number of piperazine rings is 1. The van der Waals surface area contributed by atoms with E-state index in [1.54, 1.807) is 12.1 Å². The van der Waals surface area contributed by atoms with Crippen LogP contribution in [0.3, 0.4) is 0 Å². The third-order valence-corrected chi connectivity index (χ3v) is 5.52. The van der Waals surface area contributed by atoms with Crippen molar-refractivity contribution in [3.8, 4) is 0 Å². The molecule has 2 aliphatic heterocycles. The number of amides is 1. The molecule has 6 nitrogen and oxygen atoms in total. The Morgan fingerprint density at radius 1 is 1.32 bits per heavy atom. The maximum Gasteiger partial charge on any atom is 0.254 e. The first-order valence-corrected chi connectivity index (χ1v) is 9.35. The van der Waals surface area contributed by atoms with Gasteiger partial charge < -0.3 is 10.2 Å². The highest BCUT2D eigenvalue weighted by Crippen LogP contribution is 2.31. The number of nitrogens with one attached hydrogen (secondary N) is 1. The van der Waals surface area contributed by atoms with Crippen LogP contribution in [0.5, 0.6) is 0 Å². The number of hydrogen-bond acceptors (Lipinski definition) is 4. The van der Waals surface area contributed by atoms with Crippen LogP contribution in [-0.4, -0.2) is 57.7 Å². The minimum Gasteiger partial charge on any atom is -0.333 e. The molecular formula is C15H21N3O3S. The average Bonchev–Trinajstić information content (AvgIpc) is 2.90. The number of fused-ring (bicyclic) bond motifs is 1. The van der Waals surface area contributed by atoms with Gasteiger partial charge in [0.1, 0.15) is 0 Å². The van der Waals surface area contributed by atoms with Gasteiger partial charge in [0.15, 0.2) is 0 Å². The highest BCUT2D eigenvalue weighted by molar-refractivity contribution is 7.92. The van der Waals surface area contributed by atoms with Crippen LogP contribution in [0.25, 0.3) is 0 Å². The van der Waals surface area contributed by atoms with Crippen molar-refractivity contribution in [2.24, 2.45) is 0 Å². The molecule has 0 aliphatic carbocycles. The van der Waals surface area contributed by atoms with Gasteiger partial charge >= 0.3 is 0 Å². The van der Waals surface area contributed by atoms with Gasteiger partial charge in [-0.25, -0.2) is 8.42 Å². The minimum atomic E-state index is -3.25. The molecule has 1 aromatic rings. The van der Waals surface area contributed by atoms with Crippen molar-refractivity contribution in [3.63, 3.8) is 0 Å². The molecule has 7 heteroatoms. The summed E-state index contributed by atoms with van der Waals surface area (Å²) in [5.74, 6) is 0.0228. The Kier molecular flexibility index (Phi) is 3.86. The van der Waals surface area contributed by atoms with E-state index in [4.69, 9.17) is 0 Å². The SMILES string of the molecule is C[C@@H]1CNCCN1C(=O)c1ccc2c(c1)CCN2S(C)(=O)=O. The van der Waals surface area contributed by atoms with Gasteiger partial charge in [-0.2, -0.15) is 0 Å². The number of rotatable bonds is 2. The number of sulfonamides is 1. The molecule has 120 valence electrons. The molecule has 1 fully saturated rings. The Bertz CT molecular complexity index is 702. The molecule has 0 spiro atoms. The smallest absolute Gasteiger partial charge is 0.254 e.